The van der Waals surface area contributed by atoms with Crippen molar-refractivity contribution in [3.63, 3.8) is 0 Å². The van der Waals surface area contributed by atoms with E-state index in [1.165, 1.54) is 63.5 Å². The summed E-state index contributed by atoms with van der Waals surface area (Å²) in [4.78, 5) is 10.2. The normalized spacial score (nSPS) is 12.0. The highest BCUT2D eigenvalue weighted by molar-refractivity contribution is 7.27. The summed E-state index contributed by atoms with van der Waals surface area (Å²) in [6, 6.07) is 58.6. The van der Waals surface area contributed by atoms with Gasteiger partial charge in [0.05, 0.1) is 26.9 Å². The van der Waals surface area contributed by atoms with Crippen LogP contribution < -0.4 is 0 Å². The quantitative estimate of drug-likeness (QED) is 0.190. The molecule has 8 aromatic carbocycles. The molecule has 3 aromatic heterocycles. The number of para-hydroxylation sites is 1. The first-order chi connectivity index (χ1) is 24.8. The molecule has 0 aliphatic carbocycles. The molecule has 0 atom stereocenters. The van der Waals surface area contributed by atoms with Crippen molar-refractivity contribution in [1.29, 1.82) is 0 Å². The topological polar surface area (TPSA) is 30.7 Å². The number of hydrogen-bond acceptors (Lipinski definition) is 3. The van der Waals surface area contributed by atoms with Gasteiger partial charge >= 0.3 is 0 Å². The minimum atomic E-state index is 0.722. The van der Waals surface area contributed by atoms with E-state index < -0.39 is 0 Å². The van der Waals surface area contributed by atoms with Crippen molar-refractivity contribution < 1.29 is 0 Å². The van der Waals surface area contributed by atoms with Crippen LogP contribution in [0.4, 0.5) is 0 Å². The Labute approximate surface area is 291 Å². The summed E-state index contributed by atoms with van der Waals surface area (Å²) >= 11 is 1.90. The third kappa shape index (κ3) is 3.91. The van der Waals surface area contributed by atoms with Crippen molar-refractivity contribution in [2.75, 3.05) is 0 Å². The first kappa shape index (κ1) is 27.6. The second kappa shape index (κ2) is 10.6. The van der Waals surface area contributed by atoms with Gasteiger partial charge in [0.2, 0.25) is 0 Å². The van der Waals surface area contributed by atoms with Gasteiger partial charge in [-0.25, -0.2) is 9.97 Å². The van der Waals surface area contributed by atoms with Crippen LogP contribution in [0.25, 0.3) is 103 Å². The highest BCUT2D eigenvalue weighted by Gasteiger charge is 2.23. The van der Waals surface area contributed by atoms with Crippen molar-refractivity contribution in [2.24, 2.45) is 0 Å². The third-order valence-corrected chi connectivity index (χ3v) is 11.3. The lowest BCUT2D eigenvalue weighted by Crippen LogP contribution is -1.97. The summed E-state index contributed by atoms with van der Waals surface area (Å²) in [5.74, 6) is 0.722. The maximum atomic E-state index is 5.15. The van der Waals surface area contributed by atoms with E-state index in [4.69, 9.17) is 9.97 Å². The zero-order valence-electron chi connectivity index (χ0n) is 26.8. The highest BCUT2D eigenvalue weighted by atomic mass is 32.1. The Morgan fingerprint density at radius 1 is 0.440 bits per heavy atom. The fourth-order valence-electron chi connectivity index (χ4n) is 7.99. The molecular formula is C46H27N3S. The van der Waals surface area contributed by atoms with E-state index in [1.54, 1.807) is 0 Å². The van der Waals surface area contributed by atoms with Gasteiger partial charge in [0.25, 0.3) is 0 Å². The standard InChI is InChI=1S/C46H27N3S/c1-2-13-29(14-3-1)43-35-18-8-10-20-37(35)47-46(48-43)30-22-25-31(26-23-30)49-38-27-24-28-12-4-5-15-32(28)41(38)42-34-17-7-6-16-33(34)40-36-19-9-11-21-39(36)50-45(40)44(42)49/h1-27H. The largest absolute Gasteiger partial charge is 0.308 e. The van der Waals surface area contributed by atoms with Gasteiger partial charge in [-0.1, -0.05) is 121 Å². The molecule has 50 heavy (non-hydrogen) atoms. The minimum absolute atomic E-state index is 0.722. The maximum absolute atomic E-state index is 5.15. The summed E-state index contributed by atoms with van der Waals surface area (Å²) < 4.78 is 5.11. The van der Waals surface area contributed by atoms with E-state index in [9.17, 15) is 0 Å². The van der Waals surface area contributed by atoms with Crippen LogP contribution in [0.3, 0.4) is 0 Å². The predicted octanol–water partition coefficient (Wildman–Crippen LogP) is 12.7. The van der Waals surface area contributed by atoms with Crippen LogP contribution in [0.1, 0.15) is 0 Å². The van der Waals surface area contributed by atoms with Crippen LogP contribution in [-0.2, 0) is 0 Å². The lowest BCUT2D eigenvalue weighted by molar-refractivity contribution is 1.18. The minimum Gasteiger partial charge on any atom is -0.308 e. The second-order valence-electron chi connectivity index (χ2n) is 12.9. The SMILES string of the molecule is c1ccc(-c2nc(-c3ccc(-n4c5ccc6ccccc6c5c5c6ccccc6c6c7ccccc7sc6c54)cc3)nc3ccccc23)cc1. The number of benzene rings is 8. The number of aromatic nitrogens is 3. The smallest absolute Gasteiger partial charge is 0.160 e. The fraction of sp³-hybridized carbons (Fsp3) is 0. The lowest BCUT2D eigenvalue weighted by atomic mass is 9.97. The molecule has 232 valence electrons. The molecule has 11 aromatic rings. The van der Waals surface area contributed by atoms with Gasteiger partial charge in [0, 0.05) is 48.4 Å². The molecule has 0 unspecified atom stereocenters. The van der Waals surface area contributed by atoms with E-state index in [0.29, 0.717) is 0 Å². The number of hydrogen-bond donors (Lipinski definition) is 0. The van der Waals surface area contributed by atoms with Crippen molar-refractivity contribution in [1.82, 2.24) is 14.5 Å². The van der Waals surface area contributed by atoms with Crippen LogP contribution in [0.2, 0.25) is 0 Å². The molecule has 3 heterocycles. The number of thiophene rings is 1. The molecule has 0 N–H and O–H groups in total. The molecule has 4 heteroatoms. The van der Waals surface area contributed by atoms with Gasteiger partial charge < -0.3 is 4.57 Å². The fourth-order valence-corrected chi connectivity index (χ4v) is 9.24. The molecule has 3 nitrogen and oxygen atoms in total. The van der Waals surface area contributed by atoms with E-state index >= 15 is 0 Å². The van der Waals surface area contributed by atoms with Gasteiger partial charge in [0.15, 0.2) is 5.82 Å². The number of fused-ring (bicyclic) bond motifs is 13. The highest BCUT2D eigenvalue weighted by Crippen LogP contribution is 2.49. The van der Waals surface area contributed by atoms with Crippen LogP contribution in [-0.4, -0.2) is 14.5 Å². The van der Waals surface area contributed by atoms with Gasteiger partial charge in [-0.15, -0.1) is 11.3 Å². The van der Waals surface area contributed by atoms with E-state index in [0.717, 1.165) is 39.2 Å². The third-order valence-electron chi connectivity index (χ3n) is 10.2. The Bertz CT molecular complexity index is 3140. The van der Waals surface area contributed by atoms with Crippen molar-refractivity contribution >= 4 is 85.8 Å². The zero-order chi connectivity index (χ0) is 32.8. The average molecular weight is 654 g/mol. The van der Waals surface area contributed by atoms with Crippen molar-refractivity contribution in [2.45, 2.75) is 0 Å². The molecule has 0 saturated heterocycles. The number of rotatable bonds is 3. The van der Waals surface area contributed by atoms with Gasteiger partial charge in [-0.2, -0.15) is 0 Å². The zero-order valence-corrected chi connectivity index (χ0v) is 27.7. The van der Waals surface area contributed by atoms with Gasteiger partial charge in [-0.05, 0) is 64.0 Å². The average Bonchev–Trinajstić information content (AvgIpc) is 3.75. The van der Waals surface area contributed by atoms with E-state index in [-0.39, 0.29) is 0 Å². The maximum Gasteiger partial charge on any atom is 0.160 e. The molecule has 11 rings (SSSR count). The van der Waals surface area contributed by atoms with Gasteiger partial charge in [-0.3, -0.25) is 0 Å². The van der Waals surface area contributed by atoms with Crippen LogP contribution in [0.5, 0.6) is 0 Å². The first-order valence-electron chi connectivity index (χ1n) is 16.9. The molecule has 0 fully saturated rings. The second-order valence-corrected chi connectivity index (χ2v) is 14.0. The summed E-state index contributed by atoms with van der Waals surface area (Å²) in [7, 11) is 0. The van der Waals surface area contributed by atoms with Crippen LogP contribution in [0.15, 0.2) is 164 Å². The summed E-state index contributed by atoms with van der Waals surface area (Å²) in [6.07, 6.45) is 0. The number of nitrogens with zero attached hydrogens (tertiary/aromatic N) is 3. The molecule has 0 radical (unpaired) electrons. The Balaban J connectivity index is 1.22. The summed E-state index contributed by atoms with van der Waals surface area (Å²) in [5.41, 5.74) is 7.53. The van der Waals surface area contributed by atoms with Crippen molar-refractivity contribution in [3.05, 3.63) is 164 Å². The van der Waals surface area contributed by atoms with E-state index in [2.05, 4.69) is 156 Å². The monoisotopic (exact) mass is 653 g/mol. The molecule has 0 spiro atoms. The Kier molecular flexibility index (Phi) is 5.83. The van der Waals surface area contributed by atoms with Crippen molar-refractivity contribution in [3.8, 4) is 28.3 Å². The molecule has 0 aliphatic rings. The molecule has 0 bridgehead atoms. The summed E-state index contributed by atoms with van der Waals surface area (Å²) in [6.45, 7) is 0. The van der Waals surface area contributed by atoms with Crippen LogP contribution in [0, 0.1) is 0 Å². The Morgan fingerprint density at radius 3 is 1.92 bits per heavy atom. The molecule has 0 amide bonds. The summed E-state index contributed by atoms with van der Waals surface area (Å²) in [5, 5.41) is 11.4. The molecule has 0 aliphatic heterocycles. The Morgan fingerprint density at radius 2 is 1.10 bits per heavy atom. The molecule has 0 saturated carbocycles. The first-order valence-corrected chi connectivity index (χ1v) is 17.7. The molecular weight excluding hydrogens is 627 g/mol. The Hall–Kier alpha value is -6.36. The van der Waals surface area contributed by atoms with E-state index in [1.807, 2.05) is 23.5 Å². The van der Waals surface area contributed by atoms with Crippen LogP contribution >= 0.6 is 11.3 Å². The van der Waals surface area contributed by atoms with Gasteiger partial charge in [0.1, 0.15) is 0 Å². The lowest BCUT2D eigenvalue weighted by Gasteiger charge is -2.12. The predicted molar refractivity (Wildman–Crippen MR) is 213 cm³/mol.